The molecule has 2 rings (SSSR count). The minimum Gasteiger partial charge on any atom is -0.377 e. The van der Waals surface area contributed by atoms with Crippen molar-refractivity contribution in [3.8, 4) is 0 Å². The van der Waals surface area contributed by atoms with Gasteiger partial charge >= 0.3 is 0 Å². The summed E-state index contributed by atoms with van der Waals surface area (Å²) in [5.74, 6) is 0.371. The second-order valence-corrected chi connectivity index (χ2v) is 4.46. The molecule has 1 aromatic carbocycles. The molecule has 0 aromatic heterocycles. The number of benzene rings is 1. The molecule has 3 heteroatoms. The lowest BCUT2D eigenvalue weighted by atomic mass is 10.2. The van der Waals surface area contributed by atoms with E-state index in [1.807, 2.05) is 18.2 Å². The van der Waals surface area contributed by atoms with Gasteiger partial charge in [-0.15, -0.1) is 0 Å². The van der Waals surface area contributed by atoms with Crippen LogP contribution in [0.3, 0.4) is 0 Å². The van der Waals surface area contributed by atoms with Gasteiger partial charge in [0.25, 0.3) is 0 Å². The zero-order chi connectivity index (χ0) is 11.9. The van der Waals surface area contributed by atoms with Crippen molar-refractivity contribution < 1.29 is 9.53 Å². The van der Waals surface area contributed by atoms with E-state index in [1.165, 1.54) is 5.56 Å². The van der Waals surface area contributed by atoms with E-state index in [0.29, 0.717) is 18.9 Å². The molecule has 0 unspecified atom stereocenters. The highest BCUT2D eigenvalue weighted by atomic mass is 16.5. The normalized spacial score (nSPS) is 16.6. The highest BCUT2D eigenvalue weighted by Gasteiger charge is 2.17. The third-order valence-corrected chi connectivity index (χ3v) is 2.98. The predicted octanol–water partition coefficient (Wildman–Crippen LogP) is 1.87. The molecule has 0 radical (unpaired) electrons. The third kappa shape index (κ3) is 4.29. The lowest BCUT2D eigenvalue weighted by Crippen LogP contribution is -2.22. The number of carbonyl (C=O) groups excluding carboxylic acids is 1. The van der Waals surface area contributed by atoms with Crippen LogP contribution in [-0.2, 0) is 16.1 Å². The Balaban J connectivity index is 1.53. The lowest BCUT2D eigenvalue weighted by molar-refractivity contribution is -0.116. The van der Waals surface area contributed by atoms with Gasteiger partial charge in [-0.25, -0.2) is 0 Å². The first-order valence-corrected chi connectivity index (χ1v) is 6.20. The number of carbonyl (C=O) groups is 1. The first-order chi connectivity index (χ1) is 8.34. The van der Waals surface area contributed by atoms with Crippen molar-refractivity contribution in [1.29, 1.82) is 0 Å². The Labute approximate surface area is 102 Å². The maximum absolute atomic E-state index is 11.1. The Morgan fingerprint density at radius 2 is 2.06 bits per heavy atom. The van der Waals surface area contributed by atoms with Crippen LogP contribution >= 0.6 is 0 Å². The van der Waals surface area contributed by atoms with Crippen molar-refractivity contribution in [1.82, 2.24) is 4.90 Å². The van der Waals surface area contributed by atoms with Crippen LogP contribution in [0.25, 0.3) is 0 Å². The molecule has 17 heavy (non-hydrogen) atoms. The standard InChI is InChI=1S/C14H19NO2/c16-14-7-9-15(11-14)8-4-10-17-12-13-5-2-1-3-6-13/h1-3,5-6H,4,7-12H2. The van der Waals surface area contributed by atoms with E-state index in [-0.39, 0.29) is 0 Å². The summed E-state index contributed by atoms with van der Waals surface area (Å²) >= 11 is 0. The molecule has 0 atom stereocenters. The van der Waals surface area contributed by atoms with Gasteiger partial charge in [0.15, 0.2) is 0 Å². The lowest BCUT2D eigenvalue weighted by Gasteiger charge is -2.13. The molecule has 3 nitrogen and oxygen atoms in total. The van der Waals surface area contributed by atoms with E-state index in [2.05, 4.69) is 17.0 Å². The number of nitrogens with zero attached hydrogens (tertiary/aromatic N) is 1. The molecular formula is C14H19NO2. The second-order valence-electron chi connectivity index (χ2n) is 4.46. The quantitative estimate of drug-likeness (QED) is 0.702. The van der Waals surface area contributed by atoms with E-state index < -0.39 is 0 Å². The van der Waals surface area contributed by atoms with Crippen LogP contribution in [0.2, 0.25) is 0 Å². The van der Waals surface area contributed by atoms with Gasteiger partial charge in [-0.1, -0.05) is 30.3 Å². The molecule has 92 valence electrons. The molecule has 1 aliphatic heterocycles. The first-order valence-electron chi connectivity index (χ1n) is 6.20. The van der Waals surface area contributed by atoms with E-state index in [0.717, 1.165) is 32.5 Å². The maximum atomic E-state index is 11.1. The number of ketones is 1. The minimum atomic E-state index is 0.371. The van der Waals surface area contributed by atoms with Crippen molar-refractivity contribution >= 4 is 5.78 Å². The average Bonchev–Trinajstić information content (AvgIpc) is 2.76. The highest BCUT2D eigenvalue weighted by Crippen LogP contribution is 2.05. The van der Waals surface area contributed by atoms with Crippen LogP contribution in [0.4, 0.5) is 0 Å². The molecule has 0 bridgehead atoms. The molecule has 0 N–H and O–H groups in total. The van der Waals surface area contributed by atoms with Crippen LogP contribution in [0, 0.1) is 0 Å². The average molecular weight is 233 g/mol. The van der Waals surface area contributed by atoms with Gasteiger partial charge in [0.05, 0.1) is 13.2 Å². The smallest absolute Gasteiger partial charge is 0.148 e. The summed E-state index contributed by atoms with van der Waals surface area (Å²) in [4.78, 5) is 13.3. The zero-order valence-corrected chi connectivity index (χ0v) is 10.1. The largest absolute Gasteiger partial charge is 0.377 e. The molecule has 0 spiro atoms. The van der Waals surface area contributed by atoms with Crippen molar-refractivity contribution in [2.45, 2.75) is 19.4 Å². The number of likely N-dealkylation sites (tertiary alicyclic amines) is 1. The SMILES string of the molecule is O=C1CCN(CCCOCc2ccccc2)C1. The first kappa shape index (κ1) is 12.3. The Bertz CT molecular complexity index is 350. The van der Waals surface area contributed by atoms with Gasteiger partial charge in [-0.05, 0) is 12.0 Å². The molecule has 0 saturated carbocycles. The third-order valence-electron chi connectivity index (χ3n) is 2.98. The van der Waals surface area contributed by atoms with Gasteiger partial charge in [-0.2, -0.15) is 0 Å². The number of hydrogen-bond donors (Lipinski definition) is 0. The molecule has 1 saturated heterocycles. The van der Waals surface area contributed by atoms with Crippen LogP contribution in [-0.4, -0.2) is 36.9 Å². The summed E-state index contributed by atoms with van der Waals surface area (Å²) in [7, 11) is 0. The Hall–Kier alpha value is -1.19. The van der Waals surface area contributed by atoms with E-state index >= 15 is 0 Å². The van der Waals surface area contributed by atoms with E-state index in [4.69, 9.17) is 4.74 Å². The Kier molecular flexibility index (Phi) is 4.71. The van der Waals surface area contributed by atoms with Gasteiger partial charge in [-0.3, -0.25) is 9.69 Å². The molecule has 0 amide bonds. The fourth-order valence-electron chi connectivity index (χ4n) is 2.04. The molecule has 1 aromatic rings. The van der Waals surface area contributed by atoms with Gasteiger partial charge in [0.1, 0.15) is 5.78 Å². The maximum Gasteiger partial charge on any atom is 0.148 e. The summed E-state index contributed by atoms with van der Waals surface area (Å²) in [6.45, 7) is 3.98. The molecule has 1 aliphatic rings. The molecule has 1 fully saturated rings. The number of rotatable bonds is 6. The molecular weight excluding hydrogens is 214 g/mol. The minimum absolute atomic E-state index is 0.371. The topological polar surface area (TPSA) is 29.5 Å². The van der Waals surface area contributed by atoms with Crippen molar-refractivity contribution in [3.63, 3.8) is 0 Å². The fraction of sp³-hybridized carbons (Fsp3) is 0.500. The fourth-order valence-corrected chi connectivity index (χ4v) is 2.04. The molecule has 0 aliphatic carbocycles. The number of hydrogen-bond acceptors (Lipinski definition) is 3. The summed E-state index contributed by atoms with van der Waals surface area (Å²) in [6, 6.07) is 10.2. The summed E-state index contributed by atoms with van der Waals surface area (Å²) in [6.07, 6.45) is 1.73. The monoisotopic (exact) mass is 233 g/mol. The summed E-state index contributed by atoms with van der Waals surface area (Å²) in [5.41, 5.74) is 1.21. The van der Waals surface area contributed by atoms with Gasteiger partial charge in [0.2, 0.25) is 0 Å². The number of Topliss-reactive ketones (excluding diaryl/α,β-unsaturated/α-hetero) is 1. The van der Waals surface area contributed by atoms with Crippen LogP contribution in [0.1, 0.15) is 18.4 Å². The number of ether oxygens (including phenoxy) is 1. The highest BCUT2D eigenvalue weighted by molar-refractivity contribution is 5.82. The van der Waals surface area contributed by atoms with Gasteiger partial charge in [0, 0.05) is 26.1 Å². The van der Waals surface area contributed by atoms with E-state index in [9.17, 15) is 4.79 Å². The van der Waals surface area contributed by atoms with Crippen molar-refractivity contribution in [2.75, 3.05) is 26.2 Å². The van der Waals surface area contributed by atoms with Gasteiger partial charge < -0.3 is 4.74 Å². The van der Waals surface area contributed by atoms with Crippen molar-refractivity contribution in [2.24, 2.45) is 0 Å². The molecule has 1 heterocycles. The Morgan fingerprint density at radius 3 is 2.76 bits per heavy atom. The second kappa shape index (κ2) is 6.52. The van der Waals surface area contributed by atoms with Crippen LogP contribution < -0.4 is 0 Å². The van der Waals surface area contributed by atoms with Crippen molar-refractivity contribution in [3.05, 3.63) is 35.9 Å². The summed E-state index contributed by atoms with van der Waals surface area (Å²) in [5, 5.41) is 0. The predicted molar refractivity (Wildman–Crippen MR) is 66.8 cm³/mol. The van der Waals surface area contributed by atoms with Crippen LogP contribution in [0.15, 0.2) is 30.3 Å². The van der Waals surface area contributed by atoms with Crippen LogP contribution in [0.5, 0.6) is 0 Å². The zero-order valence-electron chi connectivity index (χ0n) is 10.1. The summed E-state index contributed by atoms with van der Waals surface area (Å²) < 4.78 is 5.59. The Morgan fingerprint density at radius 1 is 1.24 bits per heavy atom. The van der Waals surface area contributed by atoms with E-state index in [1.54, 1.807) is 0 Å².